The number of hydrogen-bond acceptors (Lipinski definition) is 6. The summed E-state index contributed by atoms with van der Waals surface area (Å²) in [5.74, 6) is 0.580. The zero-order valence-electron chi connectivity index (χ0n) is 12.8. The van der Waals surface area contributed by atoms with Gasteiger partial charge in [0.2, 0.25) is 0 Å². The summed E-state index contributed by atoms with van der Waals surface area (Å²) in [4.78, 5) is 10.5. The Hall–Kier alpha value is -1.70. The normalized spacial score (nSPS) is 28.7. The third kappa shape index (κ3) is 2.35. The van der Waals surface area contributed by atoms with E-state index >= 15 is 0 Å². The quantitative estimate of drug-likeness (QED) is 0.347. The van der Waals surface area contributed by atoms with Crippen molar-refractivity contribution in [3.63, 3.8) is 0 Å². The van der Waals surface area contributed by atoms with Gasteiger partial charge in [0.05, 0.1) is 4.92 Å². The van der Waals surface area contributed by atoms with Crippen LogP contribution >= 0.6 is 0 Å². The van der Waals surface area contributed by atoms with Crippen molar-refractivity contribution in [1.82, 2.24) is 0 Å². The van der Waals surface area contributed by atoms with E-state index in [0.717, 1.165) is 0 Å². The fourth-order valence-electron chi connectivity index (χ4n) is 2.91. The molecule has 2 aliphatic rings. The third-order valence-corrected chi connectivity index (χ3v) is 4.00. The Labute approximate surface area is 128 Å². The van der Waals surface area contributed by atoms with E-state index in [9.17, 15) is 10.1 Å². The molecule has 22 heavy (non-hydrogen) atoms. The smallest absolute Gasteiger partial charge is 0.270 e. The van der Waals surface area contributed by atoms with Crippen LogP contribution in [0.1, 0.15) is 32.4 Å². The molecular weight excluding hydrogens is 290 g/mol. The number of benzene rings is 1. The molecule has 7 heteroatoms. The average Bonchev–Trinajstić information content (AvgIpc) is 3.28. The molecule has 1 aromatic rings. The Morgan fingerprint density at radius 3 is 2.64 bits per heavy atom. The molecule has 2 heterocycles. The first-order valence-electron chi connectivity index (χ1n) is 7.37. The largest absolute Gasteiger partial charge is 0.479 e. The van der Waals surface area contributed by atoms with Crippen LogP contribution in [-0.2, 0) is 14.2 Å². The fraction of sp³-hybridized carbons (Fsp3) is 0.600. The molecule has 0 aliphatic carbocycles. The van der Waals surface area contributed by atoms with E-state index in [-0.39, 0.29) is 17.9 Å². The Kier molecular flexibility index (Phi) is 3.80. The number of nitrogens with zero attached hydrogens (tertiary/aromatic N) is 1. The molecule has 1 saturated heterocycles. The van der Waals surface area contributed by atoms with Crippen LogP contribution in [0.4, 0.5) is 5.69 Å². The molecule has 3 rings (SSSR count). The van der Waals surface area contributed by atoms with Crippen LogP contribution < -0.4 is 4.74 Å². The Morgan fingerprint density at radius 2 is 2.05 bits per heavy atom. The minimum atomic E-state index is -0.778. The van der Waals surface area contributed by atoms with Gasteiger partial charge in [0.25, 0.3) is 5.69 Å². The maximum atomic E-state index is 10.9. The van der Waals surface area contributed by atoms with Crippen LogP contribution in [0.5, 0.6) is 5.75 Å². The number of nitro groups is 1. The van der Waals surface area contributed by atoms with Crippen molar-refractivity contribution in [2.45, 2.75) is 44.9 Å². The molecule has 0 N–H and O–H groups in total. The lowest BCUT2D eigenvalue weighted by Crippen LogP contribution is -2.54. The Morgan fingerprint density at radius 1 is 1.36 bits per heavy atom. The minimum absolute atomic E-state index is 0.0337. The zero-order valence-corrected chi connectivity index (χ0v) is 12.8. The second-order valence-corrected chi connectivity index (χ2v) is 5.49. The maximum Gasteiger partial charge on any atom is 0.270 e. The molecule has 0 spiro atoms. The summed E-state index contributed by atoms with van der Waals surface area (Å²) in [7, 11) is 0. The van der Waals surface area contributed by atoms with Gasteiger partial charge in [-0.2, -0.15) is 0 Å². The van der Waals surface area contributed by atoms with Crippen LogP contribution in [-0.4, -0.2) is 36.1 Å². The fourth-order valence-corrected chi connectivity index (χ4v) is 2.91. The van der Waals surface area contributed by atoms with E-state index in [2.05, 4.69) is 0 Å². The van der Waals surface area contributed by atoms with Gasteiger partial charge in [-0.05, 0) is 26.8 Å². The highest BCUT2D eigenvalue weighted by Crippen LogP contribution is 2.55. The Bertz CT molecular complexity index is 585. The highest BCUT2D eigenvalue weighted by Gasteiger charge is 2.63. The zero-order chi connectivity index (χ0) is 15.9. The van der Waals surface area contributed by atoms with Gasteiger partial charge in [0.15, 0.2) is 11.9 Å². The topological polar surface area (TPSA) is 83.4 Å². The highest BCUT2D eigenvalue weighted by atomic mass is 16.7. The molecule has 120 valence electrons. The van der Waals surface area contributed by atoms with Crippen molar-refractivity contribution in [3.05, 3.63) is 33.9 Å². The number of non-ortho nitro benzene ring substituents is 1. The maximum absolute atomic E-state index is 10.9. The lowest BCUT2D eigenvalue weighted by atomic mass is 9.91. The van der Waals surface area contributed by atoms with Crippen LogP contribution in [0.3, 0.4) is 0 Å². The molecule has 0 bridgehead atoms. The second kappa shape index (κ2) is 5.49. The first-order chi connectivity index (χ1) is 10.5. The molecule has 3 atom stereocenters. The first kappa shape index (κ1) is 15.2. The number of hydrogen-bond donors (Lipinski definition) is 0. The van der Waals surface area contributed by atoms with Crippen LogP contribution in [0, 0.1) is 10.1 Å². The van der Waals surface area contributed by atoms with Gasteiger partial charge >= 0.3 is 0 Å². The number of epoxide rings is 1. The summed E-state index contributed by atoms with van der Waals surface area (Å²) >= 11 is 0. The first-order valence-corrected chi connectivity index (χ1v) is 7.37. The molecule has 0 radical (unpaired) electrons. The lowest BCUT2D eigenvalue weighted by molar-refractivity contribution is -0.385. The van der Waals surface area contributed by atoms with E-state index in [1.807, 2.05) is 20.8 Å². The summed E-state index contributed by atoms with van der Waals surface area (Å²) in [5.41, 5.74) is -0.0328. The van der Waals surface area contributed by atoms with Crippen molar-refractivity contribution in [3.8, 4) is 5.75 Å². The number of rotatable bonds is 6. The second-order valence-electron chi connectivity index (χ2n) is 5.49. The lowest BCUT2D eigenvalue weighted by Gasteiger charge is -2.38. The molecule has 2 aliphatic heterocycles. The molecular formula is C15H19NO6. The number of nitro benzene ring substituents is 1. The van der Waals surface area contributed by atoms with E-state index in [1.165, 1.54) is 12.1 Å². The van der Waals surface area contributed by atoms with E-state index in [1.54, 1.807) is 6.07 Å². The van der Waals surface area contributed by atoms with Gasteiger partial charge in [-0.1, -0.05) is 0 Å². The molecule has 7 nitrogen and oxygen atoms in total. The predicted molar refractivity (Wildman–Crippen MR) is 76.8 cm³/mol. The minimum Gasteiger partial charge on any atom is -0.479 e. The van der Waals surface area contributed by atoms with Crippen molar-refractivity contribution in [2.75, 3.05) is 13.2 Å². The van der Waals surface area contributed by atoms with E-state index in [4.69, 9.17) is 18.9 Å². The molecule has 1 fully saturated rings. The molecule has 0 unspecified atom stereocenters. The van der Waals surface area contributed by atoms with Crippen LogP contribution in [0.15, 0.2) is 18.2 Å². The van der Waals surface area contributed by atoms with Gasteiger partial charge in [0.1, 0.15) is 18.0 Å². The van der Waals surface area contributed by atoms with E-state index < -0.39 is 16.8 Å². The monoisotopic (exact) mass is 309 g/mol. The Balaban J connectivity index is 1.92. The van der Waals surface area contributed by atoms with Crippen molar-refractivity contribution in [1.29, 1.82) is 0 Å². The molecule has 0 amide bonds. The molecule has 1 aromatic carbocycles. The standard InChI is InChI=1S/C15H19NO6/c1-4-19-14(20-5-2)15(3)13-12(21-13)10-8-9(16(17)18)6-7-11(10)22-15/h6-8,12-14H,4-5H2,1-3H3/t12-,13-,15+/m0/s1. The number of fused-ring (bicyclic) bond motifs is 3. The summed E-state index contributed by atoms with van der Waals surface area (Å²) in [6.45, 7) is 6.65. The van der Waals surface area contributed by atoms with Gasteiger partial charge in [-0.25, -0.2) is 0 Å². The molecule has 0 saturated carbocycles. The SMILES string of the molecule is CCOC(OCC)[C@]1(C)Oc2ccc([N+](=O)[O-])cc2[C@@H]2O[C@@H]21. The summed E-state index contributed by atoms with van der Waals surface area (Å²) in [5, 5.41) is 10.9. The van der Waals surface area contributed by atoms with E-state index in [0.29, 0.717) is 24.5 Å². The van der Waals surface area contributed by atoms with Gasteiger partial charge in [0, 0.05) is 30.9 Å². The molecule has 0 aromatic heterocycles. The predicted octanol–water partition coefficient (Wildman–Crippen LogP) is 2.58. The van der Waals surface area contributed by atoms with Gasteiger partial charge in [-0.3, -0.25) is 10.1 Å². The van der Waals surface area contributed by atoms with Gasteiger partial charge in [-0.15, -0.1) is 0 Å². The van der Waals surface area contributed by atoms with Crippen molar-refractivity contribution in [2.24, 2.45) is 0 Å². The summed E-state index contributed by atoms with van der Waals surface area (Å²) in [6.07, 6.45) is -0.997. The van der Waals surface area contributed by atoms with Crippen molar-refractivity contribution >= 4 is 5.69 Å². The van der Waals surface area contributed by atoms with Crippen LogP contribution in [0.25, 0.3) is 0 Å². The average molecular weight is 309 g/mol. The van der Waals surface area contributed by atoms with Gasteiger partial charge < -0.3 is 18.9 Å². The van der Waals surface area contributed by atoms with Crippen LogP contribution in [0.2, 0.25) is 0 Å². The third-order valence-electron chi connectivity index (χ3n) is 4.00. The highest BCUT2D eigenvalue weighted by molar-refractivity contribution is 5.49. The summed E-state index contributed by atoms with van der Waals surface area (Å²) < 4.78 is 23.1. The summed E-state index contributed by atoms with van der Waals surface area (Å²) in [6, 6.07) is 4.55. The number of ether oxygens (including phenoxy) is 4. The van der Waals surface area contributed by atoms with Crippen molar-refractivity contribution < 1.29 is 23.9 Å².